The Morgan fingerprint density at radius 2 is 2.00 bits per heavy atom. The van der Waals surface area contributed by atoms with Gasteiger partial charge in [0.1, 0.15) is 5.75 Å². The Bertz CT molecular complexity index is 538. The first-order valence-corrected chi connectivity index (χ1v) is 7.41. The highest BCUT2D eigenvalue weighted by atomic mass is 16.5. The topological polar surface area (TPSA) is 102 Å². The van der Waals surface area contributed by atoms with Gasteiger partial charge in [0.25, 0.3) is 0 Å². The molecule has 22 heavy (non-hydrogen) atoms. The molecule has 0 saturated heterocycles. The van der Waals surface area contributed by atoms with E-state index in [1.54, 1.807) is 7.11 Å². The van der Waals surface area contributed by atoms with Gasteiger partial charge in [0, 0.05) is 6.42 Å². The molecule has 0 unspecified atom stereocenters. The van der Waals surface area contributed by atoms with Crippen LogP contribution in [0.3, 0.4) is 0 Å². The number of nitrogens with one attached hydrogen (secondary N) is 1. The number of hydrogen-bond donors (Lipinski definition) is 3. The van der Waals surface area contributed by atoms with Crippen LogP contribution in [0.5, 0.6) is 5.75 Å². The fourth-order valence-electron chi connectivity index (χ4n) is 2.66. The molecule has 0 bridgehead atoms. The number of carboxylic acid groups (broad SMARTS) is 1. The monoisotopic (exact) mass is 306 g/mol. The summed E-state index contributed by atoms with van der Waals surface area (Å²) in [6.07, 6.45) is 2.79. The van der Waals surface area contributed by atoms with E-state index in [-0.39, 0.29) is 24.3 Å². The van der Waals surface area contributed by atoms with E-state index in [1.165, 1.54) is 0 Å². The second kappa shape index (κ2) is 6.79. The average Bonchev–Trinajstić information content (AvgIpc) is 2.48. The van der Waals surface area contributed by atoms with Crippen LogP contribution >= 0.6 is 0 Å². The number of ether oxygens (including phenoxy) is 1. The van der Waals surface area contributed by atoms with Crippen molar-refractivity contribution in [3.05, 3.63) is 29.8 Å². The van der Waals surface area contributed by atoms with Crippen LogP contribution in [0.15, 0.2) is 24.3 Å². The molecule has 1 aliphatic rings. The molecule has 0 heterocycles. The van der Waals surface area contributed by atoms with E-state index in [2.05, 4.69) is 5.32 Å². The first kappa shape index (κ1) is 16.3. The van der Waals surface area contributed by atoms with Crippen LogP contribution < -0.4 is 15.8 Å². The Morgan fingerprint density at radius 3 is 2.45 bits per heavy atom. The average molecular weight is 306 g/mol. The minimum Gasteiger partial charge on any atom is -0.497 e. The van der Waals surface area contributed by atoms with Gasteiger partial charge in [-0.05, 0) is 43.4 Å². The van der Waals surface area contributed by atoms with Crippen molar-refractivity contribution in [1.82, 2.24) is 5.32 Å². The molecule has 1 aromatic rings. The molecule has 1 aromatic carbocycles. The number of carbonyl (C=O) groups excluding carboxylic acids is 1. The number of carbonyl (C=O) groups is 2. The summed E-state index contributed by atoms with van der Waals surface area (Å²) in [5.74, 6) is -0.476. The van der Waals surface area contributed by atoms with Gasteiger partial charge in [-0.2, -0.15) is 0 Å². The van der Waals surface area contributed by atoms with Crippen molar-refractivity contribution in [1.29, 1.82) is 0 Å². The molecule has 1 atom stereocenters. The molecule has 6 nitrogen and oxygen atoms in total. The van der Waals surface area contributed by atoms with Gasteiger partial charge >= 0.3 is 5.97 Å². The number of hydrogen-bond acceptors (Lipinski definition) is 4. The molecule has 1 amide bonds. The van der Waals surface area contributed by atoms with Crippen molar-refractivity contribution in [2.24, 2.45) is 5.73 Å². The number of methoxy groups -OCH3 is 1. The molecular weight excluding hydrogens is 284 g/mol. The summed E-state index contributed by atoms with van der Waals surface area (Å²) in [6, 6.07) is 6.83. The Labute approximate surface area is 129 Å². The third kappa shape index (κ3) is 3.57. The number of aliphatic carboxylic acids is 1. The van der Waals surface area contributed by atoms with Gasteiger partial charge in [-0.3, -0.25) is 9.59 Å². The maximum atomic E-state index is 12.2. The second-order valence-electron chi connectivity index (χ2n) is 5.69. The van der Waals surface area contributed by atoms with Crippen LogP contribution in [0.2, 0.25) is 0 Å². The first-order chi connectivity index (χ1) is 10.5. The van der Waals surface area contributed by atoms with Crippen LogP contribution in [0, 0.1) is 0 Å². The standard InChI is InChI=1S/C16H22N2O4/c1-22-12-5-3-11(4-6-12)16(9-2-10-16)18-15(21)13(17)7-8-14(19)20/h3-6,13H,2,7-10,17H2,1H3,(H,18,21)(H,19,20)/t13-/m0/s1. The van der Waals surface area contributed by atoms with Gasteiger partial charge < -0.3 is 20.9 Å². The maximum absolute atomic E-state index is 12.2. The van der Waals surface area contributed by atoms with Gasteiger partial charge in [-0.1, -0.05) is 12.1 Å². The zero-order valence-corrected chi connectivity index (χ0v) is 12.7. The summed E-state index contributed by atoms with van der Waals surface area (Å²) in [6.45, 7) is 0. The van der Waals surface area contributed by atoms with Gasteiger partial charge in [-0.15, -0.1) is 0 Å². The number of benzene rings is 1. The highest BCUT2D eigenvalue weighted by molar-refractivity contribution is 5.83. The molecule has 1 fully saturated rings. The van der Waals surface area contributed by atoms with Crippen LogP contribution in [-0.2, 0) is 15.1 Å². The van der Waals surface area contributed by atoms with Gasteiger partial charge in [0.2, 0.25) is 5.91 Å². The van der Waals surface area contributed by atoms with Gasteiger partial charge in [0.05, 0.1) is 18.7 Å². The van der Waals surface area contributed by atoms with Crippen LogP contribution in [0.1, 0.15) is 37.7 Å². The predicted octanol–water partition coefficient (Wildman–Crippen LogP) is 1.38. The quantitative estimate of drug-likeness (QED) is 0.706. The van der Waals surface area contributed by atoms with E-state index in [9.17, 15) is 9.59 Å². The summed E-state index contributed by atoms with van der Waals surface area (Å²) in [4.78, 5) is 22.8. The summed E-state index contributed by atoms with van der Waals surface area (Å²) in [7, 11) is 1.61. The zero-order valence-electron chi connectivity index (χ0n) is 12.7. The van der Waals surface area contributed by atoms with Crippen LogP contribution in [-0.4, -0.2) is 30.1 Å². The molecular formula is C16H22N2O4. The molecule has 6 heteroatoms. The van der Waals surface area contributed by atoms with E-state index >= 15 is 0 Å². The third-order valence-electron chi connectivity index (χ3n) is 4.22. The van der Waals surface area contributed by atoms with Gasteiger partial charge in [-0.25, -0.2) is 0 Å². The molecule has 0 radical (unpaired) electrons. The summed E-state index contributed by atoms with van der Waals surface area (Å²) in [5, 5.41) is 11.7. The zero-order chi connectivity index (χ0) is 16.2. The highest BCUT2D eigenvalue weighted by Crippen LogP contribution is 2.41. The molecule has 0 spiro atoms. The van der Waals surface area contributed by atoms with E-state index < -0.39 is 12.0 Å². The molecule has 1 saturated carbocycles. The summed E-state index contributed by atoms with van der Waals surface area (Å²) >= 11 is 0. The lowest BCUT2D eigenvalue weighted by atomic mass is 9.71. The Morgan fingerprint density at radius 1 is 1.36 bits per heavy atom. The predicted molar refractivity (Wildman–Crippen MR) is 81.5 cm³/mol. The normalized spacial score (nSPS) is 17.2. The largest absolute Gasteiger partial charge is 0.497 e. The lowest BCUT2D eigenvalue weighted by molar-refractivity contribution is -0.137. The van der Waals surface area contributed by atoms with Crippen molar-refractivity contribution >= 4 is 11.9 Å². The van der Waals surface area contributed by atoms with Crippen molar-refractivity contribution < 1.29 is 19.4 Å². The third-order valence-corrected chi connectivity index (χ3v) is 4.22. The number of amides is 1. The van der Waals surface area contributed by atoms with E-state index in [4.69, 9.17) is 15.6 Å². The van der Waals surface area contributed by atoms with Crippen molar-refractivity contribution in [2.45, 2.75) is 43.7 Å². The second-order valence-corrected chi connectivity index (χ2v) is 5.69. The van der Waals surface area contributed by atoms with Crippen molar-refractivity contribution in [3.8, 4) is 5.75 Å². The summed E-state index contributed by atoms with van der Waals surface area (Å²) in [5.41, 5.74) is 6.42. The first-order valence-electron chi connectivity index (χ1n) is 7.41. The minimum absolute atomic E-state index is 0.107. The van der Waals surface area contributed by atoms with Crippen molar-refractivity contribution in [2.75, 3.05) is 7.11 Å². The van der Waals surface area contributed by atoms with Crippen LogP contribution in [0.4, 0.5) is 0 Å². The number of nitrogens with two attached hydrogens (primary N) is 1. The Hall–Kier alpha value is -2.08. The van der Waals surface area contributed by atoms with E-state index in [0.717, 1.165) is 30.6 Å². The van der Waals surface area contributed by atoms with Crippen molar-refractivity contribution in [3.63, 3.8) is 0 Å². The lowest BCUT2D eigenvalue weighted by Crippen LogP contribution is -2.55. The summed E-state index contributed by atoms with van der Waals surface area (Å²) < 4.78 is 5.14. The molecule has 0 aliphatic heterocycles. The number of rotatable bonds is 7. The Kier molecular flexibility index (Phi) is 5.03. The Balaban J connectivity index is 2.03. The molecule has 4 N–H and O–H groups in total. The SMILES string of the molecule is COc1ccc(C2(NC(=O)[C@@H](N)CCC(=O)O)CCC2)cc1. The number of carboxylic acids is 1. The van der Waals surface area contributed by atoms with Crippen LogP contribution in [0.25, 0.3) is 0 Å². The fraction of sp³-hybridized carbons (Fsp3) is 0.500. The smallest absolute Gasteiger partial charge is 0.303 e. The van der Waals surface area contributed by atoms with Gasteiger partial charge in [0.15, 0.2) is 0 Å². The molecule has 1 aliphatic carbocycles. The minimum atomic E-state index is -0.947. The molecule has 0 aromatic heterocycles. The highest BCUT2D eigenvalue weighted by Gasteiger charge is 2.40. The van der Waals surface area contributed by atoms with E-state index in [1.807, 2.05) is 24.3 Å². The fourth-order valence-corrected chi connectivity index (χ4v) is 2.66. The molecule has 120 valence electrons. The lowest BCUT2D eigenvalue weighted by Gasteiger charge is -2.43. The van der Waals surface area contributed by atoms with E-state index in [0.29, 0.717) is 0 Å². The maximum Gasteiger partial charge on any atom is 0.303 e. The molecule has 2 rings (SSSR count).